The van der Waals surface area contributed by atoms with Gasteiger partial charge in [0.25, 0.3) is 0 Å². The first-order chi connectivity index (χ1) is 6.71. The molecule has 2 unspecified atom stereocenters. The quantitative estimate of drug-likeness (QED) is 0.710. The fraction of sp³-hybridized carbons (Fsp3) is 0.800. The average Bonchev–Trinajstić information content (AvgIpc) is 2.20. The molecule has 0 aromatic carbocycles. The second-order valence-electron chi connectivity index (χ2n) is 3.48. The second-order valence-corrected chi connectivity index (χ2v) is 3.48. The first-order valence-electron chi connectivity index (χ1n) is 4.83. The SMILES string of the molecule is CCOC1CCCC(O)C1(C#N)C#N. The van der Waals surface area contributed by atoms with Crippen LogP contribution in [0.25, 0.3) is 0 Å². The van der Waals surface area contributed by atoms with Crippen molar-refractivity contribution in [3.05, 3.63) is 0 Å². The summed E-state index contributed by atoms with van der Waals surface area (Å²) in [5, 5.41) is 27.7. The average molecular weight is 194 g/mol. The Hall–Kier alpha value is -1.10. The van der Waals surface area contributed by atoms with Crippen molar-refractivity contribution < 1.29 is 9.84 Å². The molecule has 0 radical (unpaired) electrons. The molecular weight excluding hydrogens is 180 g/mol. The van der Waals surface area contributed by atoms with Crippen LogP contribution in [0.5, 0.6) is 0 Å². The second kappa shape index (κ2) is 4.41. The van der Waals surface area contributed by atoms with E-state index in [1.807, 2.05) is 19.1 Å². The maximum Gasteiger partial charge on any atom is 0.195 e. The largest absolute Gasteiger partial charge is 0.390 e. The molecule has 0 aliphatic heterocycles. The molecule has 1 N–H and O–H groups in total. The third-order valence-electron chi connectivity index (χ3n) is 2.72. The first kappa shape index (κ1) is 11.0. The maximum absolute atomic E-state index is 9.69. The summed E-state index contributed by atoms with van der Waals surface area (Å²) in [5.41, 5.74) is -1.37. The summed E-state index contributed by atoms with van der Waals surface area (Å²) in [6.45, 7) is 2.28. The van der Waals surface area contributed by atoms with Crippen LogP contribution in [0.2, 0.25) is 0 Å². The van der Waals surface area contributed by atoms with E-state index in [2.05, 4.69) is 0 Å². The molecule has 1 aliphatic carbocycles. The molecule has 0 bridgehead atoms. The van der Waals surface area contributed by atoms with E-state index in [9.17, 15) is 5.11 Å². The van der Waals surface area contributed by atoms with Gasteiger partial charge < -0.3 is 9.84 Å². The van der Waals surface area contributed by atoms with Gasteiger partial charge in [-0.3, -0.25) is 0 Å². The van der Waals surface area contributed by atoms with Crippen LogP contribution < -0.4 is 0 Å². The number of hydrogen-bond donors (Lipinski definition) is 1. The molecule has 0 heterocycles. The fourth-order valence-electron chi connectivity index (χ4n) is 1.90. The highest BCUT2D eigenvalue weighted by Crippen LogP contribution is 2.37. The van der Waals surface area contributed by atoms with Gasteiger partial charge in [-0.05, 0) is 26.2 Å². The van der Waals surface area contributed by atoms with Gasteiger partial charge in [0.05, 0.1) is 24.3 Å². The van der Waals surface area contributed by atoms with Crippen molar-refractivity contribution in [3.8, 4) is 12.1 Å². The van der Waals surface area contributed by atoms with Crippen LogP contribution in [-0.2, 0) is 4.74 Å². The molecule has 1 aliphatic rings. The summed E-state index contributed by atoms with van der Waals surface area (Å²) in [6, 6.07) is 3.83. The first-order valence-corrected chi connectivity index (χ1v) is 4.83. The van der Waals surface area contributed by atoms with Gasteiger partial charge in [-0.1, -0.05) is 0 Å². The van der Waals surface area contributed by atoms with Crippen molar-refractivity contribution in [3.63, 3.8) is 0 Å². The monoisotopic (exact) mass is 194 g/mol. The van der Waals surface area contributed by atoms with Crippen molar-refractivity contribution in [1.82, 2.24) is 0 Å². The third-order valence-corrected chi connectivity index (χ3v) is 2.72. The zero-order valence-electron chi connectivity index (χ0n) is 8.23. The van der Waals surface area contributed by atoms with Crippen molar-refractivity contribution in [1.29, 1.82) is 10.5 Å². The molecule has 76 valence electrons. The minimum Gasteiger partial charge on any atom is -0.390 e. The van der Waals surface area contributed by atoms with Crippen molar-refractivity contribution in [2.24, 2.45) is 5.41 Å². The molecule has 14 heavy (non-hydrogen) atoms. The van der Waals surface area contributed by atoms with Crippen LogP contribution in [0.15, 0.2) is 0 Å². The Morgan fingerprint density at radius 2 is 2.07 bits per heavy atom. The number of ether oxygens (including phenoxy) is 1. The molecule has 0 spiro atoms. The molecule has 2 atom stereocenters. The lowest BCUT2D eigenvalue weighted by Crippen LogP contribution is -2.47. The predicted octanol–water partition coefficient (Wildman–Crippen LogP) is 0.970. The Morgan fingerprint density at radius 3 is 2.57 bits per heavy atom. The van der Waals surface area contributed by atoms with Crippen LogP contribution in [0.3, 0.4) is 0 Å². The van der Waals surface area contributed by atoms with E-state index in [0.717, 1.165) is 6.42 Å². The molecule has 4 heteroatoms. The van der Waals surface area contributed by atoms with Crippen LogP contribution in [-0.4, -0.2) is 23.9 Å². The van der Waals surface area contributed by atoms with Gasteiger partial charge >= 0.3 is 0 Å². The maximum atomic E-state index is 9.69. The minimum atomic E-state index is -1.37. The number of rotatable bonds is 2. The molecular formula is C10H14N2O2. The summed E-state index contributed by atoms with van der Waals surface area (Å²) in [5.74, 6) is 0. The topological polar surface area (TPSA) is 77.0 Å². The number of nitriles is 2. The van der Waals surface area contributed by atoms with Gasteiger partial charge in [-0.15, -0.1) is 0 Å². The van der Waals surface area contributed by atoms with Gasteiger partial charge in [0, 0.05) is 6.61 Å². The normalized spacial score (nSPS) is 30.3. The van der Waals surface area contributed by atoms with E-state index in [-0.39, 0.29) is 0 Å². The highest BCUT2D eigenvalue weighted by Gasteiger charge is 2.49. The van der Waals surface area contributed by atoms with E-state index >= 15 is 0 Å². The molecule has 0 saturated heterocycles. The number of nitrogens with zero attached hydrogens (tertiary/aromatic N) is 2. The lowest BCUT2D eigenvalue weighted by molar-refractivity contribution is -0.0717. The van der Waals surface area contributed by atoms with E-state index in [0.29, 0.717) is 19.4 Å². The molecule has 0 aromatic heterocycles. The van der Waals surface area contributed by atoms with Crippen LogP contribution in [0, 0.1) is 28.1 Å². The summed E-state index contributed by atoms with van der Waals surface area (Å²) in [7, 11) is 0. The standard InChI is InChI=1S/C10H14N2O2/c1-2-14-9-5-3-4-8(13)10(9,6-11)7-12/h8-9,13H,2-5H2,1H3. The Morgan fingerprint density at radius 1 is 1.43 bits per heavy atom. The third kappa shape index (κ3) is 1.59. The highest BCUT2D eigenvalue weighted by atomic mass is 16.5. The van der Waals surface area contributed by atoms with Crippen LogP contribution >= 0.6 is 0 Å². The van der Waals surface area contributed by atoms with E-state index in [4.69, 9.17) is 15.3 Å². The minimum absolute atomic E-state index is 0.453. The van der Waals surface area contributed by atoms with E-state index < -0.39 is 17.6 Å². The van der Waals surface area contributed by atoms with Crippen LogP contribution in [0.4, 0.5) is 0 Å². The van der Waals surface area contributed by atoms with Gasteiger partial charge in [-0.25, -0.2) is 0 Å². The fourth-order valence-corrected chi connectivity index (χ4v) is 1.90. The van der Waals surface area contributed by atoms with Gasteiger partial charge in [0.1, 0.15) is 0 Å². The van der Waals surface area contributed by atoms with Crippen LogP contribution in [0.1, 0.15) is 26.2 Å². The lowest BCUT2D eigenvalue weighted by atomic mass is 9.71. The Kier molecular flexibility index (Phi) is 3.46. The Balaban J connectivity index is 2.93. The summed E-state index contributed by atoms with van der Waals surface area (Å²) in [4.78, 5) is 0. The van der Waals surface area contributed by atoms with Crippen molar-refractivity contribution in [2.45, 2.75) is 38.4 Å². The number of aliphatic hydroxyl groups is 1. The lowest BCUT2D eigenvalue weighted by Gasteiger charge is -2.36. The zero-order valence-corrected chi connectivity index (χ0v) is 8.23. The van der Waals surface area contributed by atoms with E-state index in [1.165, 1.54) is 0 Å². The summed E-state index contributed by atoms with van der Waals surface area (Å²) in [6.07, 6.45) is 0.641. The number of hydrogen-bond acceptors (Lipinski definition) is 4. The van der Waals surface area contributed by atoms with Crippen molar-refractivity contribution in [2.75, 3.05) is 6.61 Å². The highest BCUT2D eigenvalue weighted by molar-refractivity contribution is 5.22. The summed E-state index contributed by atoms with van der Waals surface area (Å²) < 4.78 is 5.35. The van der Waals surface area contributed by atoms with Gasteiger partial charge in [0.2, 0.25) is 0 Å². The molecule has 0 aromatic rings. The van der Waals surface area contributed by atoms with Crippen molar-refractivity contribution >= 4 is 0 Å². The molecule has 1 rings (SSSR count). The number of aliphatic hydroxyl groups excluding tert-OH is 1. The molecule has 4 nitrogen and oxygen atoms in total. The molecule has 1 saturated carbocycles. The molecule has 0 amide bonds. The summed E-state index contributed by atoms with van der Waals surface area (Å²) >= 11 is 0. The predicted molar refractivity (Wildman–Crippen MR) is 48.9 cm³/mol. The Bertz CT molecular complexity index is 261. The van der Waals surface area contributed by atoms with E-state index in [1.54, 1.807) is 0 Å². The smallest absolute Gasteiger partial charge is 0.195 e. The zero-order chi connectivity index (χ0) is 10.6. The Labute approximate surface area is 83.7 Å². The van der Waals surface area contributed by atoms with Gasteiger partial charge in [-0.2, -0.15) is 10.5 Å². The molecule has 1 fully saturated rings. The van der Waals surface area contributed by atoms with Gasteiger partial charge in [0.15, 0.2) is 5.41 Å².